The van der Waals surface area contributed by atoms with Crippen LogP contribution in [0, 0.1) is 0 Å². The van der Waals surface area contributed by atoms with Gasteiger partial charge < -0.3 is 11.1 Å². The molecule has 1 aliphatic rings. The Labute approximate surface area is 111 Å². The maximum atomic E-state index is 6.21. The van der Waals surface area contributed by atoms with Crippen LogP contribution in [0.25, 0.3) is 10.8 Å². The second-order valence-electron chi connectivity index (χ2n) is 4.86. The molecule has 94 valence electrons. The zero-order chi connectivity index (χ0) is 12.6. The number of pyridine rings is 1. The molecule has 0 spiro atoms. The average molecular weight is 259 g/mol. The molecular formula is C14H17N3S. The first kappa shape index (κ1) is 11.7. The number of anilines is 2. The molecule has 1 saturated carbocycles. The molecule has 2 aromatic rings. The van der Waals surface area contributed by atoms with E-state index in [-0.39, 0.29) is 0 Å². The number of aromatic nitrogens is 1. The van der Waals surface area contributed by atoms with Gasteiger partial charge in [-0.05, 0) is 31.2 Å². The Hall–Kier alpha value is -1.42. The lowest BCUT2D eigenvalue weighted by Gasteiger charge is -2.16. The Morgan fingerprint density at radius 3 is 2.94 bits per heavy atom. The fourth-order valence-electron chi connectivity index (χ4n) is 2.20. The molecule has 0 aliphatic heterocycles. The van der Waals surface area contributed by atoms with Crippen molar-refractivity contribution in [3.05, 3.63) is 30.6 Å². The van der Waals surface area contributed by atoms with E-state index in [2.05, 4.69) is 28.7 Å². The molecule has 0 amide bonds. The third-order valence-corrected chi connectivity index (χ3v) is 5.12. The molecule has 0 atom stereocenters. The first-order valence-electron chi connectivity index (χ1n) is 6.15. The van der Waals surface area contributed by atoms with Crippen LogP contribution in [0.5, 0.6) is 0 Å². The summed E-state index contributed by atoms with van der Waals surface area (Å²) in [6.45, 7) is 0.995. The molecule has 3 nitrogen and oxygen atoms in total. The summed E-state index contributed by atoms with van der Waals surface area (Å²) in [4.78, 5) is 4.11. The molecule has 1 aromatic heterocycles. The van der Waals surface area contributed by atoms with Gasteiger partial charge in [0, 0.05) is 34.5 Å². The number of fused-ring (bicyclic) bond motifs is 1. The maximum Gasteiger partial charge on any atom is 0.0630 e. The van der Waals surface area contributed by atoms with E-state index < -0.39 is 0 Å². The van der Waals surface area contributed by atoms with Crippen molar-refractivity contribution >= 4 is 33.9 Å². The largest absolute Gasteiger partial charge is 0.397 e. The van der Waals surface area contributed by atoms with E-state index in [9.17, 15) is 0 Å². The molecule has 0 unspecified atom stereocenters. The summed E-state index contributed by atoms with van der Waals surface area (Å²) in [5, 5.41) is 5.66. The molecule has 18 heavy (non-hydrogen) atoms. The lowest BCUT2D eigenvalue weighted by molar-refractivity contribution is 0.950. The van der Waals surface area contributed by atoms with Gasteiger partial charge in [0.2, 0.25) is 0 Å². The van der Waals surface area contributed by atoms with Crippen molar-refractivity contribution in [1.82, 2.24) is 4.98 Å². The van der Waals surface area contributed by atoms with Crippen molar-refractivity contribution in [2.45, 2.75) is 17.6 Å². The van der Waals surface area contributed by atoms with Gasteiger partial charge in [-0.15, -0.1) is 0 Å². The quantitative estimate of drug-likeness (QED) is 0.828. The first-order chi connectivity index (χ1) is 8.74. The van der Waals surface area contributed by atoms with Crippen LogP contribution in [0.1, 0.15) is 12.8 Å². The first-order valence-corrected chi connectivity index (χ1v) is 7.38. The van der Waals surface area contributed by atoms with Gasteiger partial charge in [0.1, 0.15) is 0 Å². The summed E-state index contributed by atoms with van der Waals surface area (Å²) in [6, 6.07) is 6.09. The number of nitrogens with one attached hydrogen (secondary N) is 1. The van der Waals surface area contributed by atoms with Gasteiger partial charge in [0.15, 0.2) is 0 Å². The molecule has 1 aromatic carbocycles. The molecule has 3 N–H and O–H groups in total. The van der Waals surface area contributed by atoms with Crippen LogP contribution in [0.4, 0.5) is 11.4 Å². The summed E-state index contributed by atoms with van der Waals surface area (Å²) in [6.07, 6.45) is 8.42. The highest BCUT2D eigenvalue weighted by atomic mass is 32.2. The van der Waals surface area contributed by atoms with E-state index in [1.807, 2.05) is 24.0 Å². The zero-order valence-corrected chi connectivity index (χ0v) is 11.3. The van der Waals surface area contributed by atoms with Crippen LogP contribution in [-0.2, 0) is 0 Å². The van der Waals surface area contributed by atoms with Gasteiger partial charge in [-0.25, -0.2) is 0 Å². The molecule has 1 heterocycles. The number of hydrogen-bond acceptors (Lipinski definition) is 4. The number of nitrogen functional groups attached to an aromatic ring is 1. The highest BCUT2D eigenvalue weighted by Gasteiger charge is 2.41. The second kappa shape index (κ2) is 4.35. The smallest absolute Gasteiger partial charge is 0.0630 e. The Morgan fingerprint density at radius 2 is 2.22 bits per heavy atom. The SMILES string of the molecule is CSC1(CNc2ccc3cnccc3c2N)CC1. The van der Waals surface area contributed by atoms with Crippen molar-refractivity contribution in [2.24, 2.45) is 0 Å². The Morgan fingerprint density at radius 1 is 1.39 bits per heavy atom. The van der Waals surface area contributed by atoms with Crippen LogP contribution >= 0.6 is 11.8 Å². The fourth-order valence-corrected chi connectivity index (χ4v) is 2.92. The number of nitrogens with two attached hydrogens (primary N) is 1. The number of rotatable bonds is 4. The van der Waals surface area contributed by atoms with E-state index in [0.29, 0.717) is 4.75 Å². The van der Waals surface area contributed by atoms with Gasteiger partial charge in [-0.2, -0.15) is 11.8 Å². The minimum atomic E-state index is 0.444. The topological polar surface area (TPSA) is 50.9 Å². The van der Waals surface area contributed by atoms with Crippen molar-refractivity contribution in [3.8, 4) is 0 Å². The van der Waals surface area contributed by atoms with Crippen molar-refractivity contribution in [2.75, 3.05) is 23.9 Å². The molecular weight excluding hydrogens is 242 g/mol. The van der Waals surface area contributed by atoms with Crippen LogP contribution in [0.3, 0.4) is 0 Å². The molecule has 0 radical (unpaired) electrons. The number of thioether (sulfide) groups is 1. The second-order valence-corrected chi connectivity index (χ2v) is 6.14. The van der Waals surface area contributed by atoms with Crippen LogP contribution in [0.2, 0.25) is 0 Å². The Bertz CT molecular complexity index is 578. The summed E-state index contributed by atoms with van der Waals surface area (Å²) in [7, 11) is 0. The molecule has 1 fully saturated rings. The molecule has 0 bridgehead atoms. The highest BCUT2D eigenvalue weighted by Crippen LogP contribution is 2.47. The zero-order valence-electron chi connectivity index (χ0n) is 10.4. The third-order valence-electron chi connectivity index (χ3n) is 3.70. The number of hydrogen-bond donors (Lipinski definition) is 2. The van der Waals surface area contributed by atoms with Gasteiger partial charge in [0.25, 0.3) is 0 Å². The number of benzene rings is 1. The Kier molecular flexibility index (Phi) is 2.82. The maximum absolute atomic E-state index is 6.21. The van der Waals surface area contributed by atoms with E-state index in [0.717, 1.165) is 28.7 Å². The summed E-state index contributed by atoms with van der Waals surface area (Å²) in [5.41, 5.74) is 8.07. The summed E-state index contributed by atoms with van der Waals surface area (Å²) >= 11 is 1.95. The van der Waals surface area contributed by atoms with Crippen LogP contribution in [0.15, 0.2) is 30.6 Å². The van der Waals surface area contributed by atoms with Gasteiger partial charge in [-0.1, -0.05) is 6.07 Å². The number of nitrogens with zero attached hydrogens (tertiary/aromatic N) is 1. The van der Waals surface area contributed by atoms with E-state index in [1.54, 1.807) is 6.20 Å². The van der Waals surface area contributed by atoms with Crippen molar-refractivity contribution in [1.29, 1.82) is 0 Å². The van der Waals surface area contributed by atoms with Gasteiger partial charge in [0.05, 0.1) is 11.4 Å². The summed E-state index contributed by atoms with van der Waals surface area (Å²) in [5.74, 6) is 0. The lowest BCUT2D eigenvalue weighted by atomic mass is 10.1. The predicted molar refractivity (Wildman–Crippen MR) is 80.1 cm³/mol. The van der Waals surface area contributed by atoms with Crippen molar-refractivity contribution in [3.63, 3.8) is 0 Å². The highest BCUT2D eigenvalue weighted by molar-refractivity contribution is 8.00. The minimum absolute atomic E-state index is 0.444. The Balaban J connectivity index is 1.86. The van der Waals surface area contributed by atoms with E-state index in [4.69, 9.17) is 5.73 Å². The standard InChI is InChI=1S/C14H17N3S/c1-18-14(5-6-14)9-17-12-3-2-10-8-16-7-4-11(10)13(12)15/h2-4,7-8,17H,5-6,9,15H2,1H3. The lowest BCUT2D eigenvalue weighted by Crippen LogP contribution is -2.18. The molecule has 0 saturated heterocycles. The van der Waals surface area contributed by atoms with Gasteiger partial charge >= 0.3 is 0 Å². The summed E-state index contributed by atoms with van der Waals surface area (Å²) < 4.78 is 0.444. The van der Waals surface area contributed by atoms with Gasteiger partial charge in [-0.3, -0.25) is 4.98 Å². The van der Waals surface area contributed by atoms with E-state index in [1.165, 1.54) is 12.8 Å². The molecule has 1 aliphatic carbocycles. The monoisotopic (exact) mass is 259 g/mol. The minimum Gasteiger partial charge on any atom is -0.397 e. The van der Waals surface area contributed by atoms with E-state index >= 15 is 0 Å². The average Bonchev–Trinajstić information content (AvgIpc) is 3.19. The fraction of sp³-hybridized carbons (Fsp3) is 0.357. The molecule has 3 rings (SSSR count). The van der Waals surface area contributed by atoms with Crippen LogP contribution in [-0.4, -0.2) is 22.5 Å². The predicted octanol–water partition coefficient (Wildman–Crippen LogP) is 3.12. The third kappa shape index (κ3) is 2.01. The van der Waals surface area contributed by atoms with Crippen LogP contribution < -0.4 is 11.1 Å². The normalized spacial score (nSPS) is 16.7. The molecule has 4 heteroatoms. The van der Waals surface area contributed by atoms with Crippen molar-refractivity contribution < 1.29 is 0 Å².